The highest BCUT2D eigenvalue weighted by Gasteiger charge is 2.51. The second-order valence-corrected chi connectivity index (χ2v) is 25.7. The normalized spacial score (nSPS) is 17.1. The van der Waals surface area contributed by atoms with Crippen molar-refractivity contribution < 1.29 is 8.83 Å². The van der Waals surface area contributed by atoms with Gasteiger partial charge in [-0.3, -0.25) is 0 Å². The second kappa shape index (κ2) is 15.8. The van der Waals surface area contributed by atoms with Gasteiger partial charge in [0.1, 0.15) is 23.0 Å². The van der Waals surface area contributed by atoms with Crippen molar-refractivity contribution in [2.45, 2.75) is 104 Å². The minimum Gasteiger partial charge on any atom is -0.462 e. The van der Waals surface area contributed by atoms with Gasteiger partial charge in [0.2, 0.25) is 0 Å². The van der Waals surface area contributed by atoms with Gasteiger partial charge in [0.05, 0.1) is 8.07 Å². The van der Waals surface area contributed by atoms with Gasteiger partial charge in [-0.2, -0.15) is 0 Å². The Labute approximate surface area is 398 Å². The maximum atomic E-state index is 6.74. The first-order chi connectivity index (χ1) is 32.4. The van der Waals surface area contributed by atoms with E-state index >= 15 is 0 Å². The molecule has 2 heterocycles. The van der Waals surface area contributed by atoms with Crippen LogP contribution in [0.5, 0.6) is 0 Å². The molecule has 0 fully saturated rings. The van der Waals surface area contributed by atoms with Gasteiger partial charge in [-0.25, -0.2) is 0 Å². The molecule has 4 aliphatic carbocycles. The van der Waals surface area contributed by atoms with E-state index in [1.807, 2.05) is 0 Å². The van der Waals surface area contributed by atoms with Gasteiger partial charge < -0.3 is 8.83 Å². The summed E-state index contributed by atoms with van der Waals surface area (Å²) in [6.07, 6.45) is 12.0. The molecule has 4 aliphatic rings. The predicted octanol–water partition coefficient (Wildman–Crippen LogP) is 17.1. The second-order valence-electron chi connectivity index (χ2n) is 20.9. The zero-order chi connectivity index (χ0) is 45.9. The van der Waals surface area contributed by atoms with Crippen LogP contribution < -0.4 is 0 Å². The van der Waals surface area contributed by atoms with E-state index in [2.05, 4.69) is 188 Å². The molecule has 2 atom stereocenters. The average molecular weight is 889 g/mol. The molecule has 2 nitrogen and oxygen atoms in total. The quantitative estimate of drug-likeness (QED) is 0.142. The van der Waals surface area contributed by atoms with Gasteiger partial charge in [0.15, 0.2) is 0 Å². The zero-order valence-electron chi connectivity index (χ0n) is 40.4. The molecule has 2 aromatic heterocycles. The number of allylic oxidation sites excluding steroid dienone is 2. The van der Waals surface area contributed by atoms with E-state index < -0.39 is 8.07 Å². The van der Waals surface area contributed by atoms with Crippen LogP contribution in [-0.4, -0.2) is 8.07 Å². The molecule has 67 heavy (non-hydrogen) atoms. The van der Waals surface area contributed by atoms with Gasteiger partial charge in [-0.05, 0) is 228 Å². The molecule has 0 saturated heterocycles. The fourth-order valence-corrected chi connectivity index (χ4v) is 18.0. The number of fused-ring (bicyclic) bond motifs is 4. The van der Waals surface area contributed by atoms with Crippen LogP contribution in [0.15, 0.2) is 130 Å². The summed E-state index contributed by atoms with van der Waals surface area (Å²) >= 11 is 0. The Morgan fingerprint density at radius 3 is 1.16 bits per heavy atom. The largest absolute Gasteiger partial charge is 0.462 e. The summed E-state index contributed by atoms with van der Waals surface area (Å²) in [6.45, 7) is 18.8. The van der Waals surface area contributed by atoms with Gasteiger partial charge in [0, 0.05) is 22.2 Å². The Bertz CT molecular complexity index is 3110. The molecule has 0 N–H and O–H groups in total. The van der Waals surface area contributed by atoms with Crippen molar-refractivity contribution in [3.8, 4) is 44.5 Å². The number of rotatable bonds is 8. The van der Waals surface area contributed by atoms with Crippen LogP contribution in [0.25, 0.3) is 67.8 Å². The highest BCUT2D eigenvalue weighted by molar-refractivity contribution is 6.84. The summed E-state index contributed by atoms with van der Waals surface area (Å²) in [5, 5.41) is 0. The third-order valence-electron chi connectivity index (χ3n) is 16.1. The maximum absolute atomic E-state index is 6.74. The Kier molecular flexibility index (Phi) is 9.93. The van der Waals surface area contributed by atoms with Crippen molar-refractivity contribution in [3.63, 3.8) is 0 Å². The lowest BCUT2D eigenvalue weighted by Gasteiger charge is -2.40. The predicted molar refractivity (Wildman–Crippen MR) is 283 cm³/mol. The summed E-state index contributed by atoms with van der Waals surface area (Å²) in [7, 11) is -2.53. The summed E-state index contributed by atoms with van der Waals surface area (Å²) in [5.74, 6) is 3.93. The lowest BCUT2D eigenvalue weighted by Crippen LogP contribution is -2.42. The standard InChI is InChI=1S/C64H60O2Si/c1-37-29-47(30-38(2)59(37)43-17-11-9-12-18-43)61-49-23-15-21-45(49)33-53-51(61)35-55(57-27-25-41(5)65-57)63(53)67(7,8)64-54-34-46-22-16-24-50(46)62(52(54)36-56(64)58-28-26-42(6)66-58)48-31-39(3)60(40(4)32-48)44-19-13-10-14-20-44/h9-14,17-20,25-36,63-64H,15-16,21-24H2,1-8H3. The van der Waals surface area contributed by atoms with Crippen LogP contribution in [-0.2, 0) is 25.7 Å². The first kappa shape index (κ1) is 42.0. The molecule has 0 bridgehead atoms. The molecule has 0 radical (unpaired) electrons. The fourth-order valence-electron chi connectivity index (χ4n) is 13.5. The SMILES string of the molecule is Cc1ccc(C2=Cc3c(cc4c(c3-c3cc(C)c(-c5ccccc5)c(C)c3)CCC4)C2[Si](C)(C)C2C(c3ccc(C)o3)=Cc3c2cc2c(c3-c3cc(C)c(-c4ccccc4)c(C)c3)CCC2)o1. The van der Waals surface area contributed by atoms with Crippen molar-refractivity contribution in [1.29, 1.82) is 0 Å². The third-order valence-corrected chi connectivity index (χ3v) is 20.3. The van der Waals surface area contributed by atoms with Crippen LogP contribution >= 0.6 is 0 Å². The highest BCUT2D eigenvalue weighted by Crippen LogP contribution is 2.60. The van der Waals surface area contributed by atoms with Crippen molar-refractivity contribution in [1.82, 2.24) is 0 Å². The van der Waals surface area contributed by atoms with Crippen molar-refractivity contribution in [2.24, 2.45) is 0 Å². The minimum absolute atomic E-state index is 0.185. The minimum atomic E-state index is -2.53. The molecule has 3 heteroatoms. The van der Waals surface area contributed by atoms with Crippen LogP contribution in [0, 0.1) is 41.5 Å². The number of furan rings is 2. The van der Waals surface area contributed by atoms with Crippen LogP contribution in [0.3, 0.4) is 0 Å². The molecule has 0 amide bonds. The van der Waals surface area contributed by atoms with Crippen LogP contribution in [0.1, 0.15) is 114 Å². The fraction of sp³-hybridized carbons (Fsp3) is 0.250. The zero-order valence-corrected chi connectivity index (χ0v) is 41.4. The van der Waals surface area contributed by atoms with E-state index in [0.29, 0.717) is 0 Å². The maximum Gasteiger partial charge on any atom is 0.130 e. The average Bonchev–Trinajstić information content (AvgIpc) is 4.18. The van der Waals surface area contributed by atoms with Gasteiger partial charge in [-0.15, -0.1) is 0 Å². The number of hydrogen-bond donors (Lipinski definition) is 0. The number of aryl methyl sites for hydroxylation is 8. The van der Waals surface area contributed by atoms with Crippen molar-refractivity contribution in [3.05, 3.63) is 211 Å². The van der Waals surface area contributed by atoms with E-state index in [-0.39, 0.29) is 11.1 Å². The Balaban J connectivity index is 1.08. The summed E-state index contributed by atoms with van der Waals surface area (Å²) in [4.78, 5) is 0. The summed E-state index contributed by atoms with van der Waals surface area (Å²) in [5.41, 5.74) is 31.1. The van der Waals surface area contributed by atoms with E-state index in [4.69, 9.17) is 8.83 Å². The lowest BCUT2D eigenvalue weighted by atomic mass is 9.86. The van der Waals surface area contributed by atoms with Gasteiger partial charge in [0.25, 0.3) is 0 Å². The molecule has 0 aliphatic heterocycles. The first-order valence-corrected chi connectivity index (χ1v) is 27.9. The van der Waals surface area contributed by atoms with Crippen molar-refractivity contribution >= 4 is 31.4 Å². The molecule has 0 spiro atoms. The Hall–Kier alpha value is -6.42. The lowest BCUT2D eigenvalue weighted by molar-refractivity contribution is 0.519. The third kappa shape index (κ3) is 6.71. The smallest absolute Gasteiger partial charge is 0.130 e. The first-order valence-electron chi connectivity index (χ1n) is 24.7. The molecule has 12 rings (SSSR count). The number of benzene rings is 6. The topological polar surface area (TPSA) is 26.3 Å². The summed E-state index contributed by atoms with van der Waals surface area (Å²) in [6, 6.07) is 45.9. The molecular formula is C64H60O2Si. The molecule has 8 aromatic rings. The van der Waals surface area contributed by atoms with E-state index in [1.54, 1.807) is 11.1 Å². The van der Waals surface area contributed by atoms with E-state index in [9.17, 15) is 0 Å². The molecular weight excluding hydrogens is 829 g/mol. The summed E-state index contributed by atoms with van der Waals surface area (Å²) < 4.78 is 13.5. The Morgan fingerprint density at radius 1 is 0.418 bits per heavy atom. The molecule has 0 saturated carbocycles. The van der Waals surface area contributed by atoms with E-state index in [0.717, 1.165) is 48.7 Å². The molecule has 332 valence electrons. The highest BCUT2D eigenvalue weighted by atomic mass is 28.3. The van der Waals surface area contributed by atoms with Gasteiger partial charge >= 0.3 is 0 Å². The number of hydrogen-bond acceptors (Lipinski definition) is 2. The van der Waals surface area contributed by atoms with Crippen LogP contribution in [0.4, 0.5) is 0 Å². The van der Waals surface area contributed by atoms with Crippen molar-refractivity contribution in [2.75, 3.05) is 0 Å². The molecule has 6 aromatic carbocycles. The van der Waals surface area contributed by atoms with Gasteiger partial charge in [-0.1, -0.05) is 110 Å². The van der Waals surface area contributed by atoms with Crippen LogP contribution in [0.2, 0.25) is 13.1 Å². The monoisotopic (exact) mass is 888 g/mol. The van der Waals surface area contributed by atoms with E-state index in [1.165, 1.54) is 124 Å². The molecule has 2 unspecified atom stereocenters. The Morgan fingerprint density at radius 2 is 0.806 bits per heavy atom.